The van der Waals surface area contributed by atoms with Gasteiger partial charge in [-0.2, -0.15) is 0 Å². The van der Waals surface area contributed by atoms with Gasteiger partial charge in [-0.25, -0.2) is 0 Å². The van der Waals surface area contributed by atoms with Gasteiger partial charge in [-0.1, -0.05) is 0 Å². The van der Waals surface area contributed by atoms with Gasteiger partial charge in [-0.05, 0) is 0 Å². The third-order valence-electron chi connectivity index (χ3n) is 2.45. The molecule has 5 N–H and O–H groups in total. The SMILES string of the molecule is O=C(O)CCS[C@@H]1OC(CO)[C@H](O)[C@H](O)C1O. The van der Waals surface area contributed by atoms with Gasteiger partial charge in [0.2, 0.25) is 0 Å². The maximum absolute atomic E-state index is 10.3. The molecule has 1 saturated heterocycles. The third-order valence-corrected chi connectivity index (χ3v) is 3.60. The van der Waals surface area contributed by atoms with E-state index < -0.39 is 42.4 Å². The highest BCUT2D eigenvalue weighted by Crippen LogP contribution is 2.28. The summed E-state index contributed by atoms with van der Waals surface area (Å²) in [6.07, 6.45) is -5.16. The lowest BCUT2D eigenvalue weighted by Crippen LogP contribution is -2.57. The summed E-state index contributed by atoms with van der Waals surface area (Å²) in [6.45, 7) is -0.485. The summed E-state index contributed by atoms with van der Waals surface area (Å²) >= 11 is 1.02. The first-order chi connectivity index (χ1) is 7.97. The standard InChI is InChI=1S/C9H16O7S/c10-3-4-6(13)7(14)8(15)9(16-4)17-2-1-5(11)12/h4,6-10,13-15H,1-3H2,(H,11,12)/t4?,6-,7-,8?,9-/m0/s1. The summed E-state index contributed by atoms with van der Waals surface area (Å²) in [5, 5.41) is 45.9. The highest BCUT2D eigenvalue weighted by atomic mass is 32.2. The molecule has 0 aromatic heterocycles. The second-order valence-electron chi connectivity index (χ2n) is 3.71. The summed E-state index contributed by atoms with van der Waals surface area (Å²) in [4.78, 5) is 10.3. The number of hydrogen-bond acceptors (Lipinski definition) is 7. The lowest BCUT2D eigenvalue weighted by Gasteiger charge is -2.39. The van der Waals surface area contributed by atoms with Crippen LogP contribution in [0.25, 0.3) is 0 Å². The van der Waals surface area contributed by atoms with Gasteiger partial charge < -0.3 is 30.3 Å². The van der Waals surface area contributed by atoms with Crippen molar-refractivity contribution in [1.82, 2.24) is 0 Å². The molecule has 1 fully saturated rings. The van der Waals surface area contributed by atoms with Crippen LogP contribution in [-0.4, -0.2) is 73.7 Å². The van der Waals surface area contributed by atoms with E-state index >= 15 is 0 Å². The lowest BCUT2D eigenvalue weighted by molar-refractivity contribution is -0.205. The molecular formula is C9H16O7S. The Morgan fingerprint density at radius 1 is 1.18 bits per heavy atom. The van der Waals surface area contributed by atoms with E-state index in [9.17, 15) is 20.1 Å². The van der Waals surface area contributed by atoms with Crippen molar-refractivity contribution in [2.75, 3.05) is 12.4 Å². The van der Waals surface area contributed by atoms with E-state index in [0.29, 0.717) is 0 Å². The number of hydrogen-bond donors (Lipinski definition) is 5. The zero-order valence-electron chi connectivity index (χ0n) is 8.97. The Kier molecular flexibility index (Phi) is 5.63. The van der Waals surface area contributed by atoms with Crippen LogP contribution in [0.5, 0.6) is 0 Å². The summed E-state index contributed by atoms with van der Waals surface area (Å²) in [5.41, 5.74) is -0.857. The van der Waals surface area contributed by atoms with Gasteiger partial charge in [-0.3, -0.25) is 4.79 Å². The van der Waals surface area contributed by atoms with Crippen LogP contribution < -0.4 is 0 Å². The molecule has 7 nitrogen and oxygen atoms in total. The molecule has 0 aromatic carbocycles. The Balaban J connectivity index is 2.50. The van der Waals surface area contributed by atoms with Crippen LogP contribution >= 0.6 is 11.8 Å². The van der Waals surface area contributed by atoms with Gasteiger partial charge >= 0.3 is 5.97 Å². The molecule has 0 saturated carbocycles. The topological polar surface area (TPSA) is 127 Å². The van der Waals surface area contributed by atoms with E-state index in [4.69, 9.17) is 14.9 Å². The van der Waals surface area contributed by atoms with Gasteiger partial charge in [0.1, 0.15) is 29.9 Å². The summed E-state index contributed by atoms with van der Waals surface area (Å²) in [6, 6.07) is 0. The Morgan fingerprint density at radius 2 is 1.82 bits per heavy atom. The fourth-order valence-corrected chi connectivity index (χ4v) is 2.57. The second kappa shape index (κ2) is 6.53. The number of ether oxygens (including phenoxy) is 1. The second-order valence-corrected chi connectivity index (χ2v) is 4.92. The molecule has 5 atom stereocenters. The Hall–Kier alpha value is -0.380. The van der Waals surface area contributed by atoms with Crippen molar-refractivity contribution in [2.24, 2.45) is 0 Å². The van der Waals surface area contributed by atoms with Crippen molar-refractivity contribution in [1.29, 1.82) is 0 Å². The van der Waals surface area contributed by atoms with Crippen molar-refractivity contribution >= 4 is 17.7 Å². The largest absolute Gasteiger partial charge is 0.481 e. The van der Waals surface area contributed by atoms with Gasteiger partial charge in [0.15, 0.2) is 0 Å². The number of thioether (sulfide) groups is 1. The molecule has 0 amide bonds. The predicted octanol–water partition coefficient (Wildman–Crippen LogP) is -2.01. The van der Waals surface area contributed by atoms with Crippen molar-refractivity contribution in [2.45, 2.75) is 36.3 Å². The molecule has 17 heavy (non-hydrogen) atoms. The molecule has 1 aliphatic heterocycles. The summed E-state index contributed by atoms with van der Waals surface area (Å²) < 4.78 is 5.17. The number of aliphatic hydroxyl groups is 4. The van der Waals surface area contributed by atoms with Crippen LogP contribution in [0.15, 0.2) is 0 Å². The third kappa shape index (κ3) is 3.80. The van der Waals surface area contributed by atoms with Crippen LogP contribution in [0.1, 0.15) is 6.42 Å². The molecule has 1 aliphatic rings. The van der Waals surface area contributed by atoms with Gasteiger partial charge in [0.25, 0.3) is 0 Å². The van der Waals surface area contributed by atoms with E-state index in [-0.39, 0.29) is 12.2 Å². The Morgan fingerprint density at radius 3 is 2.35 bits per heavy atom. The molecular weight excluding hydrogens is 252 g/mol. The number of aliphatic hydroxyl groups excluding tert-OH is 4. The normalized spacial score (nSPS) is 38.0. The van der Waals surface area contributed by atoms with Crippen LogP contribution in [0.2, 0.25) is 0 Å². The number of aliphatic carboxylic acids is 1. The first kappa shape index (κ1) is 14.7. The van der Waals surface area contributed by atoms with Crippen molar-refractivity contribution in [3.8, 4) is 0 Å². The predicted molar refractivity (Wildman–Crippen MR) is 58.5 cm³/mol. The first-order valence-corrected chi connectivity index (χ1v) is 6.16. The molecule has 1 heterocycles. The van der Waals surface area contributed by atoms with E-state index in [1.54, 1.807) is 0 Å². The van der Waals surface area contributed by atoms with Crippen molar-refractivity contribution in [3.05, 3.63) is 0 Å². The number of rotatable bonds is 5. The zero-order valence-corrected chi connectivity index (χ0v) is 9.79. The maximum Gasteiger partial charge on any atom is 0.304 e. The monoisotopic (exact) mass is 268 g/mol. The van der Waals surface area contributed by atoms with Gasteiger partial charge in [0.05, 0.1) is 13.0 Å². The Labute approximate surface area is 102 Å². The highest BCUT2D eigenvalue weighted by molar-refractivity contribution is 7.99. The molecule has 0 aliphatic carbocycles. The summed E-state index contributed by atoms with van der Waals surface area (Å²) in [7, 11) is 0. The van der Waals surface area contributed by atoms with Crippen molar-refractivity contribution in [3.63, 3.8) is 0 Å². The molecule has 1 rings (SSSR count). The minimum atomic E-state index is -1.41. The minimum Gasteiger partial charge on any atom is -0.481 e. The lowest BCUT2D eigenvalue weighted by atomic mass is 10.0. The van der Waals surface area contributed by atoms with Gasteiger partial charge in [-0.15, -0.1) is 11.8 Å². The minimum absolute atomic E-state index is 0.0975. The smallest absolute Gasteiger partial charge is 0.304 e. The van der Waals surface area contributed by atoms with Crippen LogP contribution in [-0.2, 0) is 9.53 Å². The molecule has 0 radical (unpaired) electrons. The quantitative estimate of drug-likeness (QED) is 0.387. The molecule has 8 heteroatoms. The van der Waals surface area contributed by atoms with E-state index in [2.05, 4.69) is 0 Å². The maximum atomic E-state index is 10.3. The van der Waals surface area contributed by atoms with E-state index in [0.717, 1.165) is 11.8 Å². The average molecular weight is 268 g/mol. The Bertz CT molecular complexity index is 260. The zero-order chi connectivity index (χ0) is 13.0. The summed E-state index contributed by atoms with van der Waals surface area (Å²) in [5.74, 6) is -0.764. The van der Waals surface area contributed by atoms with Crippen molar-refractivity contribution < 1.29 is 35.1 Å². The van der Waals surface area contributed by atoms with Crippen LogP contribution in [0, 0.1) is 0 Å². The van der Waals surface area contributed by atoms with E-state index in [1.165, 1.54) is 0 Å². The first-order valence-electron chi connectivity index (χ1n) is 5.11. The molecule has 0 bridgehead atoms. The van der Waals surface area contributed by atoms with Crippen LogP contribution in [0.4, 0.5) is 0 Å². The number of carboxylic acid groups (broad SMARTS) is 1. The molecule has 100 valence electrons. The van der Waals surface area contributed by atoms with Gasteiger partial charge in [0, 0.05) is 5.75 Å². The number of carboxylic acids is 1. The molecule has 2 unspecified atom stereocenters. The molecule has 0 aromatic rings. The van der Waals surface area contributed by atoms with Crippen LogP contribution in [0.3, 0.4) is 0 Å². The van der Waals surface area contributed by atoms with E-state index in [1.807, 2.05) is 0 Å². The average Bonchev–Trinajstić information content (AvgIpc) is 2.29. The fourth-order valence-electron chi connectivity index (χ4n) is 1.47. The molecule has 0 spiro atoms. The fraction of sp³-hybridized carbons (Fsp3) is 0.889. The number of carbonyl (C=O) groups is 1. The highest BCUT2D eigenvalue weighted by Gasteiger charge is 2.43.